The van der Waals surface area contributed by atoms with Crippen LogP contribution in [-0.2, 0) is 13.1 Å². The first-order valence-corrected chi connectivity index (χ1v) is 14.5. The summed E-state index contributed by atoms with van der Waals surface area (Å²) < 4.78 is 0. The number of carbonyl (C=O) groups is 1. The lowest BCUT2D eigenvalue weighted by Gasteiger charge is -2.25. The van der Waals surface area contributed by atoms with Gasteiger partial charge in [-0.05, 0) is 71.3 Å². The molecule has 5 heteroatoms. The highest BCUT2D eigenvalue weighted by molar-refractivity contribution is 6.06. The molecule has 6 aromatic carbocycles. The van der Waals surface area contributed by atoms with Gasteiger partial charge in [-0.25, -0.2) is 0 Å². The lowest BCUT2D eigenvalue weighted by atomic mass is 10.0. The normalized spacial score (nSPS) is 10.3. The van der Waals surface area contributed by atoms with Crippen LogP contribution in [-0.4, -0.2) is 5.91 Å². The second-order valence-electron chi connectivity index (χ2n) is 10.4. The van der Waals surface area contributed by atoms with Crippen molar-refractivity contribution in [2.45, 2.75) is 13.1 Å². The Labute approximate surface area is 259 Å². The van der Waals surface area contributed by atoms with Crippen LogP contribution in [0, 0.1) is 0 Å². The van der Waals surface area contributed by atoms with Crippen LogP contribution in [0.25, 0.3) is 11.1 Å². The monoisotopic (exact) mass is 576 g/mol. The van der Waals surface area contributed by atoms with Crippen LogP contribution in [0.15, 0.2) is 164 Å². The number of carbonyl (C=O) groups excluding carboxylic acids is 1. The molecule has 0 aromatic heterocycles. The molecular weight excluding hydrogens is 540 g/mol. The minimum absolute atomic E-state index is 0.150. The molecule has 0 aliphatic carbocycles. The maximum absolute atomic E-state index is 12.4. The maximum atomic E-state index is 12.4. The molecule has 0 radical (unpaired) electrons. The molecule has 0 spiro atoms. The van der Waals surface area contributed by atoms with Gasteiger partial charge in [-0.1, -0.05) is 109 Å². The third kappa shape index (κ3) is 8.37. The van der Waals surface area contributed by atoms with Gasteiger partial charge in [0.05, 0.1) is 0 Å². The first-order valence-electron chi connectivity index (χ1n) is 14.5. The van der Waals surface area contributed by atoms with Gasteiger partial charge in [-0.15, -0.1) is 0 Å². The van der Waals surface area contributed by atoms with Crippen molar-refractivity contribution in [2.24, 2.45) is 0 Å². The molecule has 0 atom stereocenters. The Morgan fingerprint density at radius 3 is 1.52 bits per heavy atom. The van der Waals surface area contributed by atoms with Crippen LogP contribution in [0.1, 0.15) is 21.5 Å². The number of hydrogen-bond donors (Lipinski definition) is 3. The largest absolute Gasteiger partial charge is 0.399 e. The number of hydrogen-bond acceptors (Lipinski definition) is 4. The average Bonchev–Trinajstić information content (AvgIpc) is 3.07. The highest BCUT2D eigenvalue weighted by Gasteiger charge is 2.10. The zero-order valence-corrected chi connectivity index (χ0v) is 24.5. The predicted molar refractivity (Wildman–Crippen MR) is 184 cm³/mol. The fourth-order valence-electron chi connectivity index (χ4n) is 4.82. The van der Waals surface area contributed by atoms with Crippen LogP contribution in [0.2, 0.25) is 0 Å². The minimum Gasteiger partial charge on any atom is -0.399 e. The molecule has 0 saturated heterocycles. The molecule has 6 rings (SSSR count). The standard InChI is InChI=1S/C20H20N2.C19H16N2O/c21-19-11-13-20(14-12-19)22(15-17-7-3-1-4-8-17)16-18-9-5-2-6-10-18;20-16-12-10-15(11-13-16)19(22)21-18-9-5-4-8-17(18)14-6-2-1-3-7-14/h1-14H,15-16,21H2;1-13H,20H2,(H,21,22). The first kappa shape index (κ1) is 29.7. The molecule has 0 aliphatic rings. The Balaban J connectivity index is 0.000000175. The van der Waals surface area contributed by atoms with E-state index >= 15 is 0 Å². The summed E-state index contributed by atoms with van der Waals surface area (Å²) in [4.78, 5) is 14.7. The quantitative estimate of drug-likeness (QED) is 0.158. The number of nitrogen functional groups attached to an aromatic ring is 2. The second kappa shape index (κ2) is 14.9. The van der Waals surface area contributed by atoms with E-state index in [-0.39, 0.29) is 5.91 Å². The molecule has 0 bridgehead atoms. The number of rotatable bonds is 8. The van der Waals surface area contributed by atoms with Gasteiger partial charge >= 0.3 is 0 Å². The summed E-state index contributed by atoms with van der Waals surface area (Å²) >= 11 is 0. The summed E-state index contributed by atoms with van der Waals surface area (Å²) in [6.45, 7) is 1.75. The molecule has 0 saturated carbocycles. The van der Waals surface area contributed by atoms with E-state index in [1.54, 1.807) is 24.3 Å². The second-order valence-corrected chi connectivity index (χ2v) is 10.4. The number of benzene rings is 6. The van der Waals surface area contributed by atoms with E-state index in [2.05, 4.69) is 70.9 Å². The van der Waals surface area contributed by atoms with Crippen molar-refractivity contribution in [1.82, 2.24) is 0 Å². The maximum Gasteiger partial charge on any atom is 0.255 e. The number of para-hydroxylation sites is 1. The van der Waals surface area contributed by atoms with E-state index in [0.29, 0.717) is 11.3 Å². The number of nitrogens with zero attached hydrogens (tertiary/aromatic N) is 1. The Morgan fingerprint density at radius 1 is 0.523 bits per heavy atom. The minimum atomic E-state index is -0.150. The van der Waals surface area contributed by atoms with Crippen molar-refractivity contribution in [3.8, 4) is 11.1 Å². The van der Waals surface area contributed by atoms with Crippen molar-refractivity contribution in [2.75, 3.05) is 21.7 Å². The molecule has 0 heterocycles. The Hall–Kier alpha value is -5.81. The van der Waals surface area contributed by atoms with Crippen LogP contribution in [0.3, 0.4) is 0 Å². The fraction of sp³-hybridized carbons (Fsp3) is 0.0513. The van der Waals surface area contributed by atoms with E-state index in [9.17, 15) is 4.79 Å². The van der Waals surface area contributed by atoms with Crippen molar-refractivity contribution in [3.05, 3.63) is 180 Å². The third-order valence-electron chi connectivity index (χ3n) is 7.12. The van der Waals surface area contributed by atoms with E-state index in [0.717, 1.165) is 35.6 Å². The van der Waals surface area contributed by atoms with Crippen LogP contribution in [0.5, 0.6) is 0 Å². The number of anilines is 4. The summed E-state index contributed by atoms with van der Waals surface area (Å²) in [5.74, 6) is -0.150. The molecule has 0 aliphatic heterocycles. The predicted octanol–water partition coefficient (Wildman–Crippen LogP) is 8.66. The molecular formula is C39H36N4O. The molecule has 218 valence electrons. The van der Waals surface area contributed by atoms with Crippen LogP contribution >= 0.6 is 0 Å². The average molecular weight is 577 g/mol. The molecule has 0 unspecified atom stereocenters. The van der Waals surface area contributed by atoms with E-state index < -0.39 is 0 Å². The number of amides is 1. The summed E-state index contributed by atoms with van der Waals surface area (Å²) in [6.07, 6.45) is 0. The van der Waals surface area contributed by atoms with Gasteiger partial charge < -0.3 is 21.7 Å². The van der Waals surface area contributed by atoms with E-state index in [1.807, 2.05) is 78.9 Å². The summed E-state index contributed by atoms with van der Waals surface area (Å²) in [5, 5.41) is 2.97. The summed E-state index contributed by atoms with van der Waals surface area (Å²) in [5.41, 5.74) is 20.1. The molecule has 6 aromatic rings. The molecule has 44 heavy (non-hydrogen) atoms. The lowest BCUT2D eigenvalue weighted by Crippen LogP contribution is -2.22. The number of nitrogens with one attached hydrogen (secondary N) is 1. The van der Waals surface area contributed by atoms with Gasteiger partial charge in [0.15, 0.2) is 0 Å². The van der Waals surface area contributed by atoms with Gasteiger partial charge in [0, 0.05) is 47.0 Å². The first-order chi connectivity index (χ1) is 21.5. The van der Waals surface area contributed by atoms with Crippen LogP contribution in [0.4, 0.5) is 22.7 Å². The molecule has 5 nitrogen and oxygen atoms in total. The topological polar surface area (TPSA) is 84.4 Å². The third-order valence-corrected chi connectivity index (χ3v) is 7.12. The fourth-order valence-corrected chi connectivity index (χ4v) is 4.82. The van der Waals surface area contributed by atoms with Crippen molar-refractivity contribution in [3.63, 3.8) is 0 Å². The van der Waals surface area contributed by atoms with E-state index in [4.69, 9.17) is 11.5 Å². The van der Waals surface area contributed by atoms with Crippen LogP contribution < -0.4 is 21.7 Å². The van der Waals surface area contributed by atoms with Gasteiger partial charge in [0.25, 0.3) is 5.91 Å². The summed E-state index contributed by atoms with van der Waals surface area (Å²) in [6, 6.07) is 53.8. The van der Waals surface area contributed by atoms with Crippen molar-refractivity contribution >= 4 is 28.7 Å². The van der Waals surface area contributed by atoms with Crippen molar-refractivity contribution < 1.29 is 4.79 Å². The zero-order valence-electron chi connectivity index (χ0n) is 24.5. The highest BCUT2D eigenvalue weighted by Crippen LogP contribution is 2.28. The van der Waals surface area contributed by atoms with Gasteiger partial charge in [-0.2, -0.15) is 0 Å². The number of nitrogens with two attached hydrogens (primary N) is 2. The van der Waals surface area contributed by atoms with Gasteiger partial charge in [-0.3, -0.25) is 4.79 Å². The van der Waals surface area contributed by atoms with Gasteiger partial charge in [0.2, 0.25) is 0 Å². The van der Waals surface area contributed by atoms with Crippen molar-refractivity contribution in [1.29, 1.82) is 0 Å². The smallest absolute Gasteiger partial charge is 0.255 e. The zero-order chi connectivity index (χ0) is 30.6. The Bertz CT molecular complexity index is 1700. The van der Waals surface area contributed by atoms with Gasteiger partial charge in [0.1, 0.15) is 0 Å². The summed E-state index contributed by atoms with van der Waals surface area (Å²) in [7, 11) is 0. The van der Waals surface area contributed by atoms with E-state index in [1.165, 1.54) is 16.8 Å². The molecule has 0 fully saturated rings. The lowest BCUT2D eigenvalue weighted by molar-refractivity contribution is 0.102. The SMILES string of the molecule is Nc1ccc(C(=O)Nc2ccccc2-c2ccccc2)cc1.Nc1ccc(N(Cc2ccccc2)Cc2ccccc2)cc1. The Morgan fingerprint density at radius 2 is 0.977 bits per heavy atom. The molecule has 5 N–H and O–H groups in total. The highest BCUT2D eigenvalue weighted by atomic mass is 16.1. The molecule has 1 amide bonds. The Kier molecular flexibility index (Phi) is 10.0.